The number of esters is 1. The Kier molecular flexibility index (Phi) is 11.9. The van der Waals surface area contributed by atoms with E-state index in [4.69, 9.17) is 17.0 Å². The second-order valence-corrected chi connectivity index (χ2v) is 8.29. The van der Waals surface area contributed by atoms with E-state index in [1.54, 1.807) is 13.8 Å². The summed E-state index contributed by atoms with van der Waals surface area (Å²) < 4.78 is 5.05. The molecule has 0 aliphatic rings. The first-order valence-electron chi connectivity index (χ1n) is 6.53. The van der Waals surface area contributed by atoms with Crippen LogP contribution in [0, 0.1) is 0 Å². The Bertz CT molecular complexity index is 486. The average Bonchev–Trinajstić information content (AvgIpc) is 2.42. The van der Waals surface area contributed by atoms with E-state index < -0.39 is 17.1 Å². The third kappa shape index (κ3) is 11.8. The molecule has 2 atom stereocenters. The fourth-order valence-corrected chi connectivity index (χ4v) is 2.95. The second kappa shape index (κ2) is 12.1. The van der Waals surface area contributed by atoms with Crippen LogP contribution in [0.5, 0.6) is 0 Å². The fourth-order valence-electron chi connectivity index (χ4n) is 1.36. The van der Waals surface area contributed by atoms with Crippen molar-refractivity contribution in [3.05, 3.63) is 0 Å². The van der Waals surface area contributed by atoms with Crippen LogP contribution >= 0.6 is 61.5 Å². The molecule has 0 saturated carbocycles. The van der Waals surface area contributed by atoms with E-state index in [1.165, 1.54) is 11.8 Å². The maximum absolute atomic E-state index is 12.1. The number of thiol groups is 2. The highest BCUT2D eigenvalue weighted by Gasteiger charge is 2.25. The zero-order valence-corrected chi connectivity index (χ0v) is 16.8. The largest absolute Gasteiger partial charge is 0.465 e. The van der Waals surface area contributed by atoms with Crippen LogP contribution in [0.1, 0.15) is 26.7 Å². The fraction of sp³-hybridized carbons (Fsp3) is 0.583. The Hall–Kier alpha value is -0.360. The number of carbonyl (C=O) groups is 3. The Balaban J connectivity index is 4.73. The molecule has 23 heavy (non-hydrogen) atoms. The van der Waals surface area contributed by atoms with Crippen LogP contribution in [0.4, 0.5) is 0 Å². The van der Waals surface area contributed by atoms with Crippen molar-refractivity contribution in [3.8, 4) is 0 Å². The molecule has 6 nitrogen and oxygen atoms in total. The first kappa shape index (κ1) is 22.6. The summed E-state index contributed by atoms with van der Waals surface area (Å²) >= 11 is 18.2. The number of amides is 2. The summed E-state index contributed by atoms with van der Waals surface area (Å²) in [6.45, 7) is 3.61. The Labute approximate surface area is 161 Å². The van der Waals surface area contributed by atoms with Gasteiger partial charge in [0.05, 0.1) is 5.25 Å². The molecule has 130 valence electrons. The Morgan fingerprint density at radius 2 is 1.74 bits per heavy atom. The monoisotopic (exact) mass is 414 g/mol. The van der Waals surface area contributed by atoms with Gasteiger partial charge in [-0.15, -0.1) is 37.0 Å². The topological polar surface area (TPSA) is 84.5 Å². The van der Waals surface area contributed by atoms with Crippen molar-refractivity contribution in [1.82, 2.24) is 10.6 Å². The van der Waals surface area contributed by atoms with Gasteiger partial charge in [-0.25, -0.2) is 0 Å². The molecule has 0 aromatic carbocycles. The van der Waals surface area contributed by atoms with Gasteiger partial charge in [-0.1, -0.05) is 31.4 Å². The number of hydrogen-bond acceptors (Lipinski definition) is 7. The quantitative estimate of drug-likeness (QED) is 0.272. The summed E-state index contributed by atoms with van der Waals surface area (Å²) in [4.78, 5) is 35.0. The smallest absolute Gasteiger partial charge is 0.305 e. The summed E-state index contributed by atoms with van der Waals surface area (Å²) in [6, 6.07) is 0. The minimum atomic E-state index is -0.738. The first-order valence-corrected chi connectivity index (χ1v) is 9.18. The summed E-state index contributed by atoms with van der Waals surface area (Å²) in [7, 11) is 0. The van der Waals surface area contributed by atoms with Gasteiger partial charge in [-0.3, -0.25) is 14.4 Å². The Morgan fingerprint density at radius 3 is 2.22 bits per heavy atom. The zero-order chi connectivity index (χ0) is 18.0. The van der Waals surface area contributed by atoms with Crippen molar-refractivity contribution in [2.45, 2.75) is 37.2 Å². The van der Waals surface area contributed by atoms with Gasteiger partial charge in [0.15, 0.2) is 0 Å². The molecule has 0 aromatic heterocycles. The third-order valence-electron chi connectivity index (χ3n) is 2.30. The standard InChI is InChI=1S/C12H18N2O4S5/c1-3-9(16)18-5-6(2)23-7(10(17)14-12(21)22)4-8(15)13-11(19)20/h6-7H,3-5H2,1-2H3,(H2,13,15,19,20)(H2,14,17,21,22). The maximum atomic E-state index is 12.1. The van der Waals surface area contributed by atoms with Crippen LogP contribution in [0.25, 0.3) is 0 Å². The van der Waals surface area contributed by atoms with Gasteiger partial charge in [0, 0.05) is 18.1 Å². The molecule has 0 aromatic rings. The molecular weight excluding hydrogens is 396 g/mol. The van der Waals surface area contributed by atoms with Gasteiger partial charge in [-0.05, 0) is 6.92 Å². The van der Waals surface area contributed by atoms with E-state index in [0.29, 0.717) is 0 Å². The summed E-state index contributed by atoms with van der Waals surface area (Å²) in [5, 5.41) is 3.79. The van der Waals surface area contributed by atoms with Crippen molar-refractivity contribution < 1.29 is 19.1 Å². The van der Waals surface area contributed by atoms with Crippen molar-refractivity contribution in [3.63, 3.8) is 0 Å². The normalized spacial score (nSPS) is 12.7. The van der Waals surface area contributed by atoms with Crippen LogP contribution in [-0.2, 0) is 19.1 Å². The third-order valence-corrected chi connectivity index (χ3v) is 4.04. The van der Waals surface area contributed by atoms with Crippen molar-refractivity contribution in [2.24, 2.45) is 0 Å². The van der Waals surface area contributed by atoms with Gasteiger partial charge in [0.2, 0.25) is 11.8 Å². The predicted octanol–water partition coefficient (Wildman–Crippen LogP) is 1.48. The van der Waals surface area contributed by atoms with Crippen molar-refractivity contribution >= 4 is 87.9 Å². The molecule has 0 fully saturated rings. The molecule has 11 heteroatoms. The lowest BCUT2D eigenvalue weighted by molar-refractivity contribution is -0.143. The van der Waals surface area contributed by atoms with E-state index >= 15 is 0 Å². The molecule has 0 rings (SSSR count). The van der Waals surface area contributed by atoms with Gasteiger partial charge in [0.25, 0.3) is 0 Å². The second-order valence-electron chi connectivity index (χ2n) is 4.32. The van der Waals surface area contributed by atoms with Crippen LogP contribution in [0.15, 0.2) is 0 Å². The minimum Gasteiger partial charge on any atom is -0.465 e. The molecule has 0 bridgehead atoms. The molecule has 0 heterocycles. The van der Waals surface area contributed by atoms with E-state index in [1.807, 2.05) is 0 Å². The number of hydrogen-bond donors (Lipinski definition) is 4. The predicted molar refractivity (Wildman–Crippen MR) is 106 cm³/mol. The molecule has 0 saturated heterocycles. The van der Waals surface area contributed by atoms with Crippen LogP contribution < -0.4 is 10.6 Å². The number of thioether (sulfide) groups is 1. The van der Waals surface area contributed by atoms with Gasteiger partial charge in [0.1, 0.15) is 15.2 Å². The summed E-state index contributed by atoms with van der Waals surface area (Å²) in [5.74, 6) is -1.22. The number of ether oxygens (including phenoxy) is 1. The molecule has 0 aliphatic heterocycles. The number of nitrogens with one attached hydrogen (secondary N) is 2. The van der Waals surface area contributed by atoms with E-state index in [2.05, 4.69) is 48.1 Å². The number of thiocarbonyl (C=S) groups is 2. The van der Waals surface area contributed by atoms with Crippen molar-refractivity contribution in [2.75, 3.05) is 6.61 Å². The van der Waals surface area contributed by atoms with Crippen LogP contribution in [-0.4, -0.2) is 43.5 Å². The lowest BCUT2D eigenvalue weighted by Gasteiger charge is -2.19. The lowest BCUT2D eigenvalue weighted by atomic mass is 10.3. The SMILES string of the molecule is CCC(=O)OCC(C)SC(CC(=O)NC(=S)S)C(=O)NC(=S)S. The minimum absolute atomic E-state index is 0.00999. The van der Waals surface area contributed by atoms with Crippen LogP contribution in [0.2, 0.25) is 0 Å². The number of carbonyl (C=O) groups excluding carboxylic acids is 3. The molecule has 2 amide bonds. The van der Waals surface area contributed by atoms with Gasteiger partial charge in [-0.2, -0.15) is 0 Å². The van der Waals surface area contributed by atoms with Gasteiger partial charge < -0.3 is 15.4 Å². The van der Waals surface area contributed by atoms with E-state index in [-0.39, 0.29) is 39.3 Å². The average molecular weight is 415 g/mol. The highest BCUT2D eigenvalue weighted by molar-refractivity contribution is 8.11. The lowest BCUT2D eigenvalue weighted by Crippen LogP contribution is -2.39. The van der Waals surface area contributed by atoms with Crippen molar-refractivity contribution in [1.29, 1.82) is 0 Å². The summed E-state index contributed by atoms with van der Waals surface area (Å²) in [6.07, 6.45) is 0.149. The van der Waals surface area contributed by atoms with Gasteiger partial charge >= 0.3 is 5.97 Å². The number of rotatable bonds is 8. The first-order chi connectivity index (χ1) is 10.6. The van der Waals surface area contributed by atoms with E-state index in [0.717, 1.165) is 0 Å². The van der Waals surface area contributed by atoms with E-state index in [9.17, 15) is 14.4 Å². The molecular formula is C12H18N2O4S5. The molecule has 2 unspecified atom stereocenters. The molecule has 0 radical (unpaired) electrons. The highest BCUT2D eigenvalue weighted by Crippen LogP contribution is 2.21. The Morgan fingerprint density at radius 1 is 1.17 bits per heavy atom. The zero-order valence-electron chi connectivity index (χ0n) is 12.5. The summed E-state index contributed by atoms with van der Waals surface area (Å²) in [5.41, 5.74) is 0. The molecule has 0 spiro atoms. The van der Waals surface area contributed by atoms with Crippen LogP contribution in [0.3, 0.4) is 0 Å². The highest BCUT2D eigenvalue weighted by atomic mass is 32.2. The maximum Gasteiger partial charge on any atom is 0.305 e. The molecule has 0 aliphatic carbocycles. The molecule has 2 N–H and O–H groups in total.